The van der Waals surface area contributed by atoms with E-state index in [0.29, 0.717) is 0 Å². The highest BCUT2D eigenvalue weighted by Crippen LogP contribution is 2.24. The maximum absolute atomic E-state index is 12.4. The third-order valence-electron chi connectivity index (χ3n) is 3.77. The van der Waals surface area contributed by atoms with Crippen molar-refractivity contribution >= 4 is 23.4 Å². The van der Waals surface area contributed by atoms with E-state index < -0.39 is 0 Å². The van der Waals surface area contributed by atoms with Gasteiger partial charge in [0.2, 0.25) is 5.91 Å². The van der Waals surface area contributed by atoms with Crippen LogP contribution in [0.4, 0.5) is 5.69 Å². The normalized spacial score (nSPS) is 12.4. The van der Waals surface area contributed by atoms with Crippen LogP contribution in [-0.2, 0) is 10.5 Å². The number of nitrogens with zero attached hydrogens (tertiary/aromatic N) is 2. The van der Waals surface area contributed by atoms with Gasteiger partial charge in [0.05, 0.1) is 22.3 Å². The number of benzene rings is 1. The molecule has 0 bridgehead atoms. The zero-order chi connectivity index (χ0) is 17.0. The van der Waals surface area contributed by atoms with E-state index in [4.69, 9.17) is 0 Å². The van der Waals surface area contributed by atoms with Gasteiger partial charge in [0.1, 0.15) is 0 Å². The second kappa shape index (κ2) is 7.68. The lowest BCUT2D eigenvalue weighted by Gasteiger charge is -2.13. The number of hydrogen-bond donors (Lipinski definition) is 1. The van der Waals surface area contributed by atoms with Crippen LogP contribution in [0.2, 0.25) is 0 Å². The molecule has 0 saturated carbocycles. The van der Waals surface area contributed by atoms with Crippen molar-refractivity contribution in [2.75, 3.05) is 5.32 Å². The highest BCUT2D eigenvalue weighted by Gasteiger charge is 2.19. The summed E-state index contributed by atoms with van der Waals surface area (Å²) in [5.41, 5.74) is 3.95. The average Bonchev–Trinajstić information content (AvgIpc) is 2.81. The van der Waals surface area contributed by atoms with Crippen molar-refractivity contribution in [3.05, 3.63) is 47.3 Å². The quantitative estimate of drug-likeness (QED) is 0.856. The number of hydrogen-bond acceptors (Lipinski definition) is 3. The van der Waals surface area contributed by atoms with E-state index >= 15 is 0 Å². The van der Waals surface area contributed by atoms with Crippen LogP contribution in [0, 0.1) is 13.8 Å². The monoisotopic (exact) mass is 331 g/mol. The lowest BCUT2D eigenvalue weighted by molar-refractivity contribution is -0.115. The minimum atomic E-state index is -0.114. The molecule has 1 atom stereocenters. The molecule has 124 valence electrons. The van der Waals surface area contributed by atoms with Gasteiger partial charge in [-0.1, -0.05) is 30.3 Å². The lowest BCUT2D eigenvalue weighted by atomic mass is 10.2. The summed E-state index contributed by atoms with van der Waals surface area (Å²) < 4.78 is 1.95. The molecule has 2 aromatic rings. The summed E-state index contributed by atoms with van der Waals surface area (Å²) in [6.45, 7) is 10.0. The molecule has 1 heterocycles. The first-order valence-corrected chi connectivity index (χ1v) is 8.97. The minimum Gasteiger partial charge on any atom is -0.322 e. The van der Waals surface area contributed by atoms with Gasteiger partial charge in [-0.15, -0.1) is 11.8 Å². The fourth-order valence-electron chi connectivity index (χ4n) is 2.44. The van der Waals surface area contributed by atoms with Crippen LogP contribution in [0.1, 0.15) is 43.8 Å². The molecule has 23 heavy (non-hydrogen) atoms. The Morgan fingerprint density at radius 1 is 1.22 bits per heavy atom. The molecule has 0 spiro atoms. The van der Waals surface area contributed by atoms with Crippen molar-refractivity contribution in [1.82, 2.24) is 9.78 Å². The van der Waals surface area contributed by atoms with E-state index in [1.165, 1.54) is 5.56 Å². The molecule has 0 aliphatic rings. The van der Waals surface area contributed by atoms with Gasteiger partial charge in [-0.3, -0.25) is 9.48 Å². The summed E-state index contributed by atoms with van der Waals surface area (Å²) in [4.78, 5) is 12.4. The molecule has 0 aliphatic carbocycles. The van der Waals surface area contributed by atoms with Gasteiger partial charge in [-0.25, -0.2) is 0 Å². The smallest absolute Gasteiger partial charge is 0.237 e. The molecule has 1 aromatic heterocycles. The standard InChI is InChI=1S/C18H25N3OS/c1-12(2)21-14(4)17(13(3)20-21)19-18(22)15(5)23-11-16-9-7-6-8-10-16/h6-10,12,15H,11H2,1-5H3,(H,19,22)/t15-/m1/s1. The topological polar surface area (TPSA) is 46.9 Å². The van der Waals surface area contributed by atoms with Crippen molar-refractivity contribution in [1.29, 1.82) is 0 Å². The van der Waals surface area contributed by atoms with E-state index in [1.54, 1.807) is 11.8 Å². The van der Waals surface area contributed by atoms with Crippen LogP contribution in [0.15, 0.2) is 30.3 Å². The summed E-state index contributed by atoms with van der Waals surface area (Å²) in [6.07, 6.45) is 0. The largest absolute Gasteiger partial charge is 0.322 e. The predicted octanol–water partition coefficient (Wildman–Crippen LogP) is 4.34. The molecule has 1 aromatic carbocycles. The third kappa shape index (κ3) is 4.38. The summed E-state index contributed by atoms with van der Waals surface area (Å²) in [5.74, 6) is 0.860. The molecular formula is C18H25N3OS. The number of anilines is 1. The molecule has 2 rings (SSSR count). The van der Waals surface area contributed by atoms with Crippen molar-refractivity contribution in [2.24, 2.45) is 0 Å². The number of thioether (sulfide) groups is 1. The van der Waals surface area contributed by atoms with Crippen molar-refractivity contribution < 1.29 is 4.79 Å². The first-order chi connectivity index (χ1) is 10.9. The summed E-state index contributed by atoms with van der Waals surface area (Å²) >= 11 is 1.64. The van der Waals surface area contributed by atoms with Crippen molar-refractivity contribution in [3.8, 4) is 0 Å². The first kappa shape index (κ1) is 17.6. The van der Waals surface area contributed by atoms with E-state index in [0.717, 1.165) is 22.8 Å². The summed E-state index contributed by atoms with van der Waals surface area (Å²) in [6, 6.07) is 10.5. The van der Waals surface area contributed by atoms with E-state index in [1.807, 2.05) is 43.7 Å². The second-order valence-electron chi connectivity index (χ2n) is 6.01. The van der Waals surface area contributed by atoms with E-state index in [9.17, 15) is 4.79 Å². The first-order valence-electron chi connectivity index (χ1n) is 7.92. The van der Waals surface area contributed by atoms with Crippen LogP contribution >= 0.6 is 11.8 Å². The molecule has 0 radical (unpaired) electrons. The van der Waals surface area contributed by atoms with Gasteiger partial charge in [0, 0.05) is 11.8 Å². The van der Waals surface area contributed by atoms with Gasteiger partial charge in [-0.05, 0) is 40.2 Å². The number of carbonyl (C=O) groups excluding carboxylic acids is 1. The molecule has 4 nitrogen and oxygen atoms in total. The van der Waals surface area contributed by atoms with Crippen molar-refractivity contribution in [2.45, 2.75) is 51.7 Å². The fraction of sp³-hybridized carbons (Fsp3) is 0.444. The van der Waals surface area contributed by atoms with Crippen LogP contribution in [0.3, 0.4) is 0 Å². The Morgan fingerprint density at radius 3 is 2.43 bits per heavy atom. The Balaban J connectivity index is 1.99. The van der Waals surface area contributed by atoms with E-state index in [-0.39, 0.29) is 17.2 Å². The Hall–Kier alpha value is -1.75. The maximum atomic E-state index is 12.4. The maximum Gasteiger partial charge on any atom is 0.237 e. The molecule has 5 heteroatoms. The molecule has 0 aliphatic heterocycles. The SMILES string of the molecule is Cc1nn(C(C)C)c(C)c1NC(=O)[C@@H](C)SCc1ccccc1. The van der Waals surface area contributed by atoms with Gasteiger partial charge < -0.3 is 5.32 Å². The number of rotatable bonds is 6. The molecule has 1 N–H and O–H groups in total. The highest BCUT2D eigenvalue weighted by molar-refractivity contribution is 7.99. The fourth-order valence-corrected chi connectivity index (χ4v) is 3.29. The number of carbonyl (C=O) groups is 1. The lowest BCUT2D eigenvalue weighted by Crippen LogP contribution is -2.23. The molecule has 0 unspecified atom stereocenters. The Morgan fingerprint density at radius 2 is 1.87 bits per heavy atom. The third-order valence-corrected chi connectivity index (χ3v) is 4.99. The molecule has 1 amide bonds. The summed E-state index contributed by atoms with van der Waals surface area (Å²) in [5, 5.41) is 7.44. The molecular weight excluding hydrogens is 306 g/mol. The van der Waals surface area contributed by atoms with Crippen LogP contribution in [-0.4, -0.2) is 20.9 Å². The number of aromatic nitrogens is 2. The van der Waals surface area contributed by atoms with Crippen LogP contribution < -0.4 is 5.32 Å². The molecule has 0 fully saturated rings. The molecule has 0 saturated heterocycles. The number of aryl methyl sites for hydroxylation is 1. The zero-order valence-corrected chi connectivity index (χ0v) is 15.3. The van der Waals surface area contributed by atoms with Gasteiger partial charge in [-0.2, -0.15) is 5.10 Å². The van der Waals surface area contributed by atoms with E-state index in [2.05, 4.69) is 36.4 Å². The van der Waals surface area contributed by atoms with Gasteiger partial charge >= 0.3 is 0 Å². The van der Waals surface area contributed by atoms with Crippen LogP contribution in [0.25, 0.3) is 0 Å². The predicted molar refractivity (Wildman–Crippen MR) is 97.9 cm³/mol. The van der Waals surface area contributed by atoms with Gasteiger partial charge in [0.15, 0.2) is 0 Å². The number of amides is 1. The second-order valence-corrected chi connectivity index (χ2v) is 7.34. The highest BCUT2D eigenvalue weighted by atomic mass is 32.2. The zero-order valence-electron chi connectivity index (χ0n) is 14.5. The van der Waals surface area contributed by atoms with Crippen LogP contribution in [0.5, 0.6) is 0 Å². The van der Waals surface area contributed by atoms with Crippen molar-refractivity contribution in [3.63, 3.8) is 0 Å². The summed E-state index contributed by atoms with van der Waals surface area (Å²) in [7, 11) is 0. The Labute approximate surface area is 142 Å². The Bertz CT molecular complexity index is 664. The number of nitrogens with one attached hydrogen (secondary N) is 1. The average molecular weight is 331 g/mol. The Kier molecular flexibility index (Phi) is 5.88. The van der Waals surface area contributed by atoms with Gasteiger partial charge in [0.25, 0.3) is 0 Å². The minimum absolute atomic E-state index is 0.0282.